The van der Waals surface area contributed by atoms with Crippen molar-refractivity contribution in [3.8, 4) is 5.75 Å². The van der Waals surface area contributed by atoms with Crippen molar-refractivity contribution in [3.05, 3.63) is 29.3 Å². The number of rotatable bonds is 6. The number of carbonyl (C=O) groups is 2. The van der Waals surface area contributed by atoms with Gasteiger partial charge in [0.1, 0.15) is 5.75 Å². The molecule has 0 atom stereocenters. The number of aryl methyl sites for hydroxylation is 1. The minimum Gasteiger partial charge on any atom is -0.484 e. The molecule has 0 unspecified atom stereocenters. The van der Waals surface area contributed by atoms with Gasteiger partial charge in [0.25, 0.3) is 5.91 Å². The maximum atomic E-state index is 11.4. The second-order valence-electron chi connectivity index (χ2n) is 4.18. The van der Waals surface area contributed by atoms with E-state index in [1.807, 2.05) is 13.8 Å². The maximum absolute atomic E-state index is 11.4. The molecule has 1 rings (SSSR count). The minimum absolute atomic E-state index is 0.000256. The van der Waals surface area contributed by atoms with Crippen LogP contribution in [0.4, 0.5) is 0 Å². The van der Waals surface area contributed by atoms with Crippen molar-refractivity contribution in [2.75, 3.05) is 13.2 Å². The topological polar surface area (TPSA) is 55.4 Å². The summed E-state index contributed by atoms with van der Waals surface area (Å²) >= 11 is 0. The van der Waals surface area contributed by atoms with E-state index in [0.29, 0.717) is 17.9 Å². The molecule has 0 spiro atoms. The number of ether oxygens (including phenoxy) is 1. The molecule has 0 aromatic heterocycles. The lowest BCUT2D eigenvalue weighted by Gasteiger charge is -2.10. The molecule has 0 aliphatic rings. The Hall–Kier alpha value is -1.84. The van der Waals surface area contributed by atoms with Crippen LogP contribution in [0.15, 0.2) is 18.2 Å². The summed E-state index contributed by atoms with van der Waals surface area (Å²) in [5.41, 5.74) is 1.50. The largest absolute Gasteiger partial charge is 0.484 e. The number of nitrogens with one attached hydrogen (secondary N) is 1. The first-order valence-electron chi connectivity index (χ1n) is 6.05. The first-order valence-corrected chi connectivity index (χ1v) is 6.05. The van der Waals surface area contributed by atoms with Crippen LogP contribution < -0.4 is 10.1 Å². The Morgan fingerprint density at radius 2 is 2.06 bits per heavy atom. The zero-order chi connectivity index (χ0) is 13.5. The molecule has 0 aliphatic heterocycles. The molecule has 0 saturated heterocycles. The third-order valence-corrected chi connectivity index (χ3v) is 2.51. The van der Waals surface area contributed by atoms with Gasteiger partial charge in [0, 0.05) is 12.1 Å². The number of Topliss-reactive ketones (excluding diaryl/α,β-unsaturated/α-hetero) is 1. The van der Waals surface area contributed by atoms with Gasteiger partial charge in [-0.1, -0.05) is 6.92 Å². The Balaban J connectivity index is 2.58. The third kappa shape index (κ3) is 4.20. The minimum atomic E-state index is -0.133. The number of carbonyl (C=O) groups excluding carboxylic acids is 2. The van der Waals surface area contributed by atoms with E-state index in [1.165, 1.54) is 6.92 Å². The summed E-state index contributed by atoms with van der Waals surface area (Å²) in [4.78, 5) is 22.6. The Bertz CT molecular complexity index is 441. The normalized spacial score (nSPS) is 9.94. The van der Waals surface area contributed by atoms with Crippen molar-refractivity contribution in [2.45, 2.75) is 27.2 Å². The van der Waals surface area contributed by atoms with Crippen LogP contribution in [0.25, 0.3) is 0 Å². The predicted octanol–water partition coefficient (Wildman–Crippen LogP) is 2.10. The van der Waals surface area contributed by atoms with Crippen LogP contribution in [0.5, 0.6) is 5.75 Å². The predicted molar refractivity (Wildman–Crippen MR) is 70.0 cm³/mol. The number of benzene rings is 1. The molecule has 0 aliphatic carbocycles. The Labute approximate surface area is 107 Å². The summed E-state index contributed by atoms with van der Waals surface area (Å²) in [5, 5.41) is 2.73. The van der Waals surface area contributed by atoms with Crippen molar-refractivity contribution in [1.82, 2.24) is 5.32 Å². The molecular weight excluding hydrogens is 230 g/mol. The van der Waals surface area contributed by atoms with E-state index < -0.39 is 0 Å². The molecule has 4 nitrogen and oxygen atoms in total. The smallest absolute Gasteiger partial charge is 0.257 e. The van der Waals surface area contributed by atoms with Gasteiger partial charge in [-0.25, -0.2) is 0 Å². The maximum Gasteiger partial charge on any atom is 0.257 e. The summed E-state index contributed by atoms with van der Waals surface area (Å²) in [7, 11) is 0. The average molecular weight is 249 g/mol. The Morgan fingerprint density at radius 3 is 2.61 bits per heavy atom. The average Bonchev–Trinajstić information content (AvgIpc) is 2.34. The molecule has 0 fully saturated rings. The van der Waals surface area contributed by atoms with Crippen LogP contribution >= 0.6 is 0 Å². The lowest BCUT2D eigenvalue weighted by Crippen LogP contribution is -2.29. The molecule has 1 N–H and O–H groups in total. The van der Waals surface area contributed by atoms with E-state index in [0.717, 1.165) is 12.0 Å². The van der Waals surface area contributed by atoms with Gasteiger partial charge in [-0.15, -0.1) is 0 Å². The highest BCUT2D eigenvalue weighted by Gasteiger charge is 2.06. The van der Waals surface area contributed by atoms with Crippen LogP contribution in [-0.2, 0) is 4.79 Å². The fraction of sp³-hybridized carbons (Fsp3) is 0.429. The first kappa shape index (κ1) is 14.2. The standard InChI is InChI=1S/C14H19NO3/c1-4-7-15-14(17)9-18-13-6-5-12(11(3)16)8-10(13)2/h5-6,8H,4,7,9H2,1-3H3,(H,15,17). The Kier molecular flexibility index (Phi) is 5.36. The van der Waals surface area contributed by atoms with Crippen LogP contribution in [0.1, 0.15) is 36.2 Å². The van der Waals surface area contributed by atoms with E-state index in [2.05, 4.69) is 5.32 Å². The van der Waals surface area contributed by atoms with Crippen molar-refractivity contribution in [2.24, 2.45) is 0 Å². The molecule has 1 aromatic carbocycles. The zero-order valence-electron chi connectivity index (χ0n) is 11.1. The summed E-state index contributed by atoms with van der Waals surface area (Å²) < 4.78 is 5.41. The van der Waals surface area contributed by atoms with E-state index in [9.17, 15) is 9.59 Å². The molecule has 18 heavy (non-hydrogen) atoms. The molecule has 0 bridgehead atoms. The number of hydrogen-bond acceptors (Lipinski definition) is 3. The lowest BCUT2D eigenvalue weighted by molar-refractivity contribution is -0.123. The number of amides is 1. The fourth-order valence-corrected chi connectivity index (χ4v) is 1.49. The molecular formula is C14H19NO3. The van der Waals surface area contributed by atoms with Gasteiger partial charge in [0.2, 0.25) is 0 Å². The van der Waals surface area contributed by atoms with Gasteiger partial charge in [0.15, 0.2) is 12.4 Å². The molecule has 1 aromatic rings. The monoisotopic (exact) mass is 249 g/mol. The summed E-state index contributed by atoms with van der Waals surface area (Å²) in [5.74, 6) is 0.517. The lowest BCUT2D eigenvalue weighted by atomic mass is 10.1. The molecule has 4 heteroatoms. The highest BCUT2D eigenvalue weighted by molar-refractivity contribution is 5.94. The third-order valence-electron chi connectivity index (χ3n) is 2.51. The number of ketones is 1. The van der Waals surface area contributed by atoms with Gasteiger partial charge in [-0.3, -0.25) is 9.59 Å². The van der Waals surface area contributed by atoms with Gasteiger partial charge in [-0.05, 0) is 44.0 Å². The van der Waals surface area contributed by atoms with Crippen LogP contribution in [-0.4, -0.2) is 24.8 Å². The van der Waals surface area contributed by atoms with Crippen molar-refractivity contribution >= 4 is 11.7 Å². The molecule has 1 amide bonds. The highest BCUT2D eigenvalue weighted by Crippen LogP contribution is 2.19. The van der Waals surface area contributed by atoms with Crippen molar-refractivity contribution in [3.63, 3.8) is 0 Å². The van der Waals surface area contributed by atoms with Gasteiger partial charge in [0.05, 0.1) is 0 Å². The SMILES string of the molecule is CCCNC(=O)COc1ccc(C(C)=O)cc1C. The zero-order valence-corrected chi connectivity index (χ0v) is 11.1. The van der Waals surface area contributed by atoms with E-state index in [-0.39, 0.29) is 18.3 Å². The molecule has 0 radical (unpaired) electrons. The van der Waals surface area contributed by atoms with Crippen molar-refractivity contribution < 1.29 is 14.3 Å². The molecule has 98 valence electrons. The van der Waals surface area contributed by atoms with E-state index in [4.69, 9.17) is 4.74 Å². The molecule has 0 heterocycles. The second kappa shape index (κ2) is 6.79. The second-order valence-corrected chi connectivity index (χ2v) is 4.18. The summed E-state index contributed by atoms with van der Waals surface area (Å²) in [6, 6.07) is 5.19. The first-order chi connectivity index (χ1) is 8.54. The highest BCUT2D eigenvalue weighted by atomic mass is 16.5. The van der Waals surface area contributed by atoms with Gasteiger partial charge < -0.3 is 10.1 Å². The van der Waals surface area contributed by atoms with Crippen molar-refractivity contribution in [1.29, 1.82) is 0 Å². The van der Waals surface area contributed by atoms with Crippen LogP contribution in [0, 0.1) is 6.92 Å². The summed E-state index contributed by atoms with van der Waals surface area (Å²) in [6.45, 7) is 6.02. The summed E-state index contributed by atoms with van der Waals surface area (Å²) in [6.07, 6.45) is 0.901. The number of hydrogen-bond donors (Lipinski definition) is 1. The Morgan fingerprint density at radius 1 is 1.33 bits per heavy atom. The van der Waals surface area contributed by atoms with E-state index >= 15 is 0 Å². The van der Waals surface area contributed by atoms with Gasteiger partial charge >= 0.3 is 0 Å². The van der Waals surface area contributed by atoms with Crippen LogP contribution in [0.2, 0.25) is 0 Å². The fourth-order valence-electron chi connectivity index (χ4n) is 1.49. The van der Waals surface area contributed by atoms with Gasteiger partial charge in [-0.2, -0.15) is 0 Å². The van der Waals surface area contributed by atoms with E-state index in [1.54, 1.807) is 18.2 Å². The molecule has 0 saturated carbocycles. The quantitative estimate of drug-likeness (QED) is 0.785. The van der Waals surface area contributed by atoms with Crippen LogP contribution in [0.3, 0.4) is 0 Å².